The van der Waals surface area contributed by atoms with Gasteiger partial charge in [0.1, 0.15) is 0 Å². The van der Waals surface area contributed by atoms with E-state index >= 15 is 0 Å². The Hall–Kier alpha value is -0.0800. The zero-order valence-electron chi connectivity index (χ0n) is 18.7. The fraction of sp³-hybridized carbons (Fsp3) is 1.00. The van der Waals surface area contributed by atoms with E-state index in [2.05, 4.69) is 17.4 Å². The Labute approximate surface area is 171 Å². The molecule has 2 nitrogen and oxygen atoms in total. The van der Waals surface area contributed by atoms with Gasteiger partial charge in [-0.15, -0.1) is 0 Å². The zero-order valence-corrected chi connectivity index (χ0v) is 18.7. The summed E-state index contributed by atoms with van der Waals surface area (Å²) >= 11 is 0. The van der Waals surface area contributed by atoms with Crippen molar-refractivity contribution in [2.24, 2.45) is 0 Å². The molecule has 0 spiro atoms. The van der Waals surface area contributed by atoms with Gasteiger partial charge in [-0.05, 0) is 25.7 Å². The van der Waals surface area contributed by atoms with Crippen molar-refractivity contribution in [1.82, 2.24) is 10.4 Å². The van der Waals surface area contributed by atoms with Crippen LogP contribution in [0.25, 0.3) is 0 Å². The van der Waals surface area contributed by atoms with E-state index in [1.165, 1.54) is 141 Å². The van der Waals surface area contributed by atoms with Crippen LogP contribution in [-0.4, -0.2) is 23.6 Å². The average molecular weight is 379 g/mol. The van der Waals surface area contributed by atoms with Gasteiger partial charge in [-0.3, -0.25) is 5.43 Å². The summed E-state index contributed by atoms with van der Waals surface area (Å²) in [4.78, 5) is 0. The molecular weight excluding hydrogens is 328 g/mol. The topological polar surface area (TPSA) is 15.3 Å². The minimum absolute atomic E-state index is 0.726. The molecule has 27 heavy (non-hydrogen) atoms. The zero-order chi connectivity index (χ0) is 19.0. The van der Waals surface area contributed by atoms with Crippen LogP contribution in [0.4, 0.5) is 0 Å². The van der Waals surface area contributed by atoms with E-state index in [0.29, 0.717) is 0 Å². The van der Waals surface area contributed by atoms with Gasteiger partial charge in [-0.25, -0.2) is 5.01 Å². The molecule has 0 saturated heterocycles. The van der Waals surface area contributed by atoms with Gasteiger partial charge in [-0.1, -0.05) is 116 Å². The lowest BCUT2D eigenvalue weighted by atomic mass is 9.97. The van der Waals surface area contributed by atoms with Crippen LogP contribution >= 0.6 is 0 Å². The van der Waals surface area contributed by atoms with E-state index in [1.807, 2.05) is 0 Å². The molecule has 2 saturated carbocycles. The van der Waals surface area contributed by atoms with Gasteiger partial charge in [0.25, 0.3) is 0 Å². The van der Waals surface area contributed by atoms with Crippen LogP contribution < -0.4 is 5.43 Å². The summed E-state index contributed by atoms with van der Waals surface area (Å²) in [7, 11) is 0. The Kier molecular flexibility index (Phi) is 13.6. The van der Waals surface area contributed by atoms with Crippen LogP contribution in [0, 0.1) is 0 Å². The Morgan fingerprint density at radius 2 is 0.852 bits per heavy atom. The first-order valence-corrected chi connectivity index (χ1v) is 12.9. The predicted molar refractivity (Wildman–Crippen MR) is 120 cm³/mol. The molecule has 2 rings (SSSR count). The molecule has 2 fully saturated rings. The maximum Gasteiger partial charge on any atom is 0.0243 e. The highest BCUT2D eigenvalue weighted by molar-refractivity contribution is 4.74. The van der Waals surface area contributed by atoms with Crippen molar-refractivity contribution in [1.29, 1.82) is 0 Å². The highest BCUT2D eigenvalue weighted by Crippen LogP contribution is 2.22. The second kappa shape index (κ2) is 15.8. The number of hydrogen-bond acceptors (Lipinski definition) is 2. The Morgan fingerprint density at radius 1 is 0.519 bits per heavy atom. The molecule has 0 amide bonds. The molecule has 0 radical (unpaired) electrons. The molecular formula is C25H50N2. The van der Waals surface area contributed by atoms with Crippen molar-refractivity contribution in [3.8, 4) is 0 Å². The highest BCUT2D eigenvalue weighted by atomic mass is 15.5. The molecule has 0 unspecified atom stereocenters. The van der Waals surface area contributed by atoms with E-state index in [9.17, 15) is 0 Å². The van der Waals surface area contributed by atoms with Crippen molar-refractivity contribution in [2.45, 2.75) is 154 Å². The van der Waals surface area contributed by atoms with E-state index < -0.39 is 0 Å². The predicted octanol–water partition coefficient (Wildman–Crippen LogP) is 7.77. The quantitative estimate of drug-likeness (QED) is 0.503. The lowest BCUT2D eigenvalue weighted by Crippen LogP contribution is -2.50. The summed E-state index contributed by atoms with van der Waals surface area (Å²) in [5.41, 5.74) is 4.06. The summed E-state index contributed by atoms with van der Waals surface area (Å²) < 4.78 is 0. The Morgan fingerprint density at radius 3 is 1.22 bits per heavy atom. The second-order valence-corrected chi connectivity index (χ2v) is 9.43. The molecule has 0 bridgehead atoms. The van der Waals surface area contributed by atoms with Gasteiger partial charge in [0.2, 0.25) is 0 Å². The summed E-state index contributed by atoms with van der Waals surface area (Å²) in [6.07, 6.45) is 30.4. The number of rotatable bonds is 4. The van der Waals surface area contributed by atoms with Gasteiger partial charge >= 0.3 is 0 Å². The van der Waals surface area contributed by atoms with Gasteiger partial charge in [0.15, 0.2) is 0 Å². The molecule has 2 heteroatoms. The van der Waals surface area contributed by atoms with Crippen molar-refractivity contribution >= 4 is 0 Å². The molecule has 0 aromatic carbocycles. The lowest BCUT2D eigenvalue weighted by molar-refractivity contribution is 0.0841. The first kappa shape index (κ1) is 23.2. The molecule has 0 heterocycles. The number of hydrogen-bond donors (Lipinski definition) is 1. The first-order valence-electron chi connectivity index (χ1n) is 12.9. The molecule has 160 valence electrons. The third-order valence-corrected chi connectivity index (χ3v) is 7.06. The molecule has 0 aliphatic heterocycles. The largest absolute Gasteiger partial charge is 0.252 e. The Bertz CT molecular complexity index is 306. The van der Waals surface area contributed by atoms with E-state index in [4.69, 9.17) is 0 Å². The van der Waals surface area contributed by atoms with Crippen molar-refractivity contribution < 1.29 is 0 Å². The van der Waals surface area contributed by atoms with E-state index in [0.717, 1.165) is 12.1 Å². The van der Waals surface area contributed by atoms with E-state index in [-0.39, 0.29) is 0 Å². The first-order chi connectivity index (χ1) is 13.4. The average Bonchev–Trinajstić information content (AvgIpc) is 2.73. The molecule has 2 aliphatic carbocycles. The van der Waals surface area contributed by atoms with Crippen molar-refractivity contribution in [3.05, 3.63) is 0 Å². The van der Waals surface area contributed by atoms with Crippen LogP contribution in [0.3, 0.4) is 0 Å². The fourth-order valence-corrected chi connectivity index (χ4v) is 5.26. The maximum atomic E-state index is 4.06. The fourth-order valence-electron chi connectivity index (χ4n) is 5.26. The van der Waals surface area contributed by atoms with Crippen LogP contribution in [0.2, 0.25) is 0 Å². The summed E-state index contributed by atoms with van der Waals surface area (Å²) in [6.45, 7) is 3.54. The van der Waals surface area contributed by atoms with Crippen molar-refractivity contribution in [3.63, 3.8) is 0 Å². The molecule has 0 atom stereocenters. The normalized spacial score (nSPS) is 24.7. The highest BCUT2D eigenvalue weighted by Gasteiger charge is 2.20. The molecule has 0 aromatic heterocycles. The smallest absolute Gasteiger partial charge is 0.0243 e. The molecule has 1 N–H and O–H groups in total. The van der Waals surface area contributed by atoms with E-state index in [1.54, 1.807) is 0 Å². The van der Waals surface area contributed by atoms with Crippen LogP contribution in [0.5, 0.6) is 0 Å². The summed E-state index contributed by atoms with van der Waals surface area (Å²) in [5.74, 6) is 0. The van der Waals surface area contributed by atoms with Crippen molar-refractivity contribution in [2.75, 3.05) is 6.54 Å². The molecule has 2 aliphatic rings. The van der Waals surface area contributed by atoms with Gasteiger partial charge in [-0.2, -0.15) is 0 Å². The second-order valence-electron chi connectivity index (χ2n) is 9.43. The van der Waals surface area contributed by atoms with Crippen LogP contribution in [-0.2, 0) is 0 Å². The standard InChI is InChI=1S/C25H50N2/c1-2-27(25-22-18-14-10-4-3-5-11-15-19-23-25)26-24-20-16-12-8-6-7-9-13-17-21-24/h24-26H,2-23H2,1H3. The van der Waals surface area contributed by atoms with Gasteiger partial charge < -0.3 is 0 Å². The third kappa shape index (κ3) is 10.9. The minimum Gasteiger partial charge on any atom is -0.252 e. The molecule has 0 aromatic rings. The summed E-state index contributed by atoms with van der Waals surface area (Å²) in [6, 6.07) is 1.50. The maximum absolute atomic E-state index is 4.06. The summed E-state index contributed by atoms with van der Waals surface area (Å²) in [5, 5.41) is 2.68. The monoisotopic (exact) mass is 378 g/mol. The Balaban J connectivity index is 1.85. The minimum atomic E-state index is 0.726. The number of nitrogens with zero attached hydrogens (tertiary/aromatic N) is 1. The van der Waals surface area contributed by atoms with Crippen LogP contribution in [0.15, 0.2) is 0 Å². The third-order valence-electron chi connectivity index (χ3n) is 7.06. The lowest BCUT2D eigenvalue weighted by Gasteiger charge is -2.35. The SMILES string of the molecule is CCN(NC1CCCCCCCCCC1)C1CCCCCCCCCCC1. The van der Waals surface area contributed by atoms with Crippen LogP contribution in [0.1, 0.15) is 142 Å². The number of hydrazine groups is 1. The van der Waals surface area contributed by atoms with Gasteiger partial charge in [0, 0.05) is 18.6 Å². The number of nitrogens with one attached hydrogen (secondary N) is 1. The van der Waals surface area contributed by atoms with Gasteiger partial charge in [0.05, 0.1) is 0 Å².